The zero-order chi connectivity index (χ0) is 13.8. The van der Waals surface area contributed by atoms with Crippen molar-refractivity contribution in [2.45, 2.75) is 25.9 Å². The third-order valence-corrected chi connectivity index (χ3v) is 4.46. The van der Waals surface area contributed by atoms with Gasteiger partial charge in [0.25, 0.3) is 0 Å². The van der Waals surface area contributed by atoms with Gasteiger partial charge in [-0.05, 0) is 53.5 Å². The molecule has 0 spiro atoms. The first-order valence-electron chi connectivity index (χ1n) is 6.05. The Bertz CT molecular complexity index is 480. The first kappa shape index (κ1) is 15.0. The van der Waals surface area contributed by atoms with Crippen molar-refractivity contribution in [3.8, 4) is 0 Å². The number of nitrogens with zero attached hydrogens (tertiary/aromatic N) is 1. The summed E-state index contributed by atoms with van der Waals surface area (Å²) in [6, 6.07) is 0. The molecule has 1 aliphatic rings. The van der Waals surface area contributed by atoms with Gasteiger partial charge < -0.3 is 15.4 Å². The van der Waals surface area contributed by atoms with E-state index in [9.17, 15) is 0 Å². The van der Waals surface area contributed by atoms with Gasteiger partial charge >= 0.3 is 0 Å². The third kappa shape index (κ3) is 4.02. The SMILES string of the molecule is Cc1c(Br)cnc(NC(=S)NC[C@@H]2CCCO2)c1Cl. The lowest BCUT2D eigenvalue weighted by atomic mass is 10.2. The maximum absolute atomic E-state index is 6.20. The highest BCUT2D eigenvalue weighted by Gasteiger charge is 2.16. The van der Waals surface area contributed by atoms with Gasteiger partial charge in [0.15, 0.2) is 10.9 Å². The van der Waals surface area contributed by atoms with Crippen LogP contribution in [0.2, 0.25) is 5.02 Å². The largest absolute Gasteiger partial charge is 0.376 e. The van der Waals surface area contributed by atoms with Crippen molar-refractivity contribution in [1.82, 2.24) is 10.3 Å². The Balaban J connectivity index is 1.89. The zero-order valence-corrected chi connectivity index (χ0v) is 13.7. The van der Waals surface area contributed by atoms with Crippen LogP contribution in [0.3, 0.4) is 0 Å². The molecular weight excluding hydrogens is 350 g/mol. The molecule has 0 aromatic carbocycles. The maximum Gasteiger partial charge on any atom is 0.172 e. The van der Waals surface area contributed by atoms with Gasteiger partial charge in [-0.3, -0.25) is 0 Å². The molecule has 0 amide bonds. The molecule has 19 heavy (non-hydrogen) atoms. The van der Waals surface area contributed by atoms with Gasteiger partial charge in [0.05, 0.1) is 11.1 Å². The number of ether oxygens (including phenoxy) is 1. The van der Waals surface area contributed by atoms with E-state index in [1.54, 1.807) is 6.20 Å². The maximum atomic E-state index is 6.20. The van der Waals surface area contributed by atoms with Crippen LogP contribution in [0.15, 0.2) is 10.7 Å². The molecule has 7 heteroatoms. The van der Waals surface area contributed by atoms with Crippen LogP contribution >= 0.6 is 39.7 Å². The van der Waals surface area contributed by atoms with Crippen molar-refractivity contribution in [2.75, 3.05) is 18.5 Å². The number of nitrogens with one attached hydrogen (secondary N) is 2. The molecule has 1 fully saturated rings. The van der Waals surface area contributed by atoms with Crippen molar-refractivity contribution >= 4 is 50.7 Å². The summed E-state index contributed by atoms with van der Waals surface area (Å²) in [5.74, 6) is 0.562. The van der Waals surface area contributed by atoms with E-state index >= 15 is 0 Å². The Labute approximate surface area is 131 Å². The number of hydrogen-bond acceptors (Lipinski definition) is 3. The molecule has 1 saturated heterocycles. The number of pyridine rings is 1. The second-order valence-electron chi connectivity index (χ2n) is 4.36. The second kappa shape index (κ2) is 6.83. The highest BCUT2D eigenvalue weighted by Crippen LogP contribution is 2.28. The molecule has 0 radical (unpaired) electrons. The number of anilines is 1. The topological polar surface area (TPSA) is 46.2 Å². The number of halogens is 2. The van der Waals surface area contributed by atoms with E-state index in [0.29, 0.717) is 22.5 Å². The van der Waals surface area contributed by atoms with Crippen LogP contribution in [0.4, 0.5) is 5.82 Å². The van der Waals surface area contributed by atoms with Gasteiger partial charge in [0.1, 0.15) is 0 Å². The van der Waals surface area contributed by atoms with Gasteiger partial charge in [0, 0.05) is 23.8 Å². The smallest absolute Gasteiger partial charge is 0.172 e. The molecule has 0 aliphatic carbocycles. The molecule has 0 bridgehead atoms. The monoisotopic (exact) mass is 363 g/mol. The average molecular weight is 365 g/mol. The molecule has 2 heterocycles. The van der Waals surface area contributed by atoms with Crippen molar-refractivity contribution in [3.05, 3.63) is 21.3 Å². The lowest BCUT2D eigenvalue weighted by Crippen LogP contribution is -2.35. The van der Waals surface area contributed by atoms with Crippen molar-refractivity contribution in [2.24, 2.45) is 0 Å². The molecular formula is C12H15BrClN3OS. The Morgan fingerprint density at radius 1 is 1.68 bits per heavy atom. The standard InChI is InChI=1S/C12H15BrClN3OS/c1-7-9(13)6-15-11(10(7)14)17-12(19)16-5-8-3-2-4-18-8/h6,8H,2-5H2,1H3,(H2,15,16,17,19)/t8-/m0/s1. The van der Waals surface area contributed by atoms with E-state index in [4.69, 9.17) is 28.6 Å². The van der Waals surface area contributed by atoms with Crippen LogP contribution in [-0.4, -0.2) is 29.4 Å². The van der Waals surface area contributed by atoms with Crippen LogP contribution in [0, 0.1) is 6.92 Å². The van der Waals surface area contributed by atoms with Crippen molar-refractivity contribution in [1.29, 1.82) is 0 Å². The molecule has 1 aliphatic heterocycles. The normalized spacial score (nSPS) is 18.4. The highest BCUT2D eigenvalue weighted by atomic mass is 79.9. The molecule has 2 rings (SSSR count). The van der Waals surface area contributed by atoms with Crippen LogP contribution < -0.4 is 10.6 Å². The Morgan fingerprint density at radius 3 is 3.16 bits per heavy atom. The summed E-state index contributed by atoms with van der Waals surface area (Å²) in [7, 11) is 0. The Kier molecular flexibility index (Phi) is 5.38. The number of thiocarbonyl (C=S) groups is 1. The molecule has 104 valence electrons. The lowest BCUT2D eigenvalue weighted by molar-refractivity contribution is 0.114. The summed E-state index contributed by atoms with van der Waals surface area (Å²) < 4.78 is 6.39. The molecule has 1 aromatic rings. The van der Waals surface area contributed by atoms with Crippen molar-refractivity contribution in [3.63, 3.8) is 0 Å². The van der Waals surface area contributed by atoms with Crippen molar-refractivity contribution < 1.29 is 4.74 Å². The fraction of sp³-hybridized carbons (Fsp3) is 0.500. The van der Waals surface area contributed by atoms with Gasteiger partial charge in [-0.15, -0.1) is 0 Å². The summed E-state index contributed by atoms with van der Waals surface area (Å²) >= 11 is 14.8. The minimum absolute atomic E-state index is 0.245. The van der Waals surface area contributed by atoms with E-state index in [0.717, 1.165) is 29.5 Å². The quantitative estimate of drug-likeness (QED) is 0.806. The lowest BCUT2D eigenvalue weighted by Gasteiger charge is -2.15. The molecule has 2 N–H and O–H groups in total. The van der Waals surface area contributed by atoms with E-state index in [2.05, 4.69) is 31.5 Å². The van der Waals surface area contributed by atoms with E-state index < -0.39 is 0 Å². The zero-order valence-electron chi connectivity index (χ0n) is 10.5. The first-order valence-corrected chi connectivity index (χ1v) is 7.63. The predicted octanol–water partition coefficient (Wildman–Crippen LogP) is 3.27. The fourth-order valence-electron chi connectivity index (χ4n) is 1.81. The molecule has 0 unspecified atom stereocenters. The van der Waals surface area contributed by atoms with Gasteiger partial charge in [-0.1, -0.05) is 11.6 Å². The Hall–Kier alpha value is -0.430. The van der Waals surface area contributed by atoms with E-state index in [-0.39, 0.29) is 6.10 Å². The van der Waals surface area contributed by atoms with Gasteiger partial charge in [-0.2, -0.15) is 0 Å². The minimum Gasteiger partial charge on any atom is -0.376 e. The third-order valence-electron chi connectivity index (χ3n) is 2.95. The van der Waals surface area contributed by atoms with Crippen LogP contribution in [-0.2, 0) is 4.74 Å². The summed E-state index contributed by atoms with van der Waals surface area (Å²) in [6.45, 7) is 3.47. The minimum atomic E-state index is 0.245. The van der Waals surface area contributed by atoms with Gasteiger partial charge in [0.2, 0.25) is 0 Å². The molecule has 1 atom stereocenters. The molecule has 4 nitrogen and oxygen atoms in total. The number of hydrogen-bond donors (Lipinski definition) is 2. The molecule has 0 saturated carbocycles. The van der Waals surface area contributed by atoms with E-state index in [1.165, 1.54) is 0 Å². The fourth-order valence-corrected chi connectivity index (χ4v) is 2.60. The average Bonchev–Trinajstić information content (AvgIpc) is 2.90. The second-order valence-corrected chi connectivity index (χ2v) is 6.00. The summed E-state index contributed by atoms with van der Waals surface area (Å²) in [5.41, 5.74) is 0.932. The summed E-state index contributed by atoms with van der Waals surface area (Å²) in [6.07, 6.45) is 4.14. The number of aromatic nitrogens is 1. The summed E-state index contributed by atoms with van der Waals surface area (Å²) in [4.78, 5) is 4.21. The van der Waals surface area contributed by atoms with Gasteiger partial charge in [-0.25, -0.2) is 4.98 Å². The van der Waals surface area contributed by atoms with Crippen LogP contribution in [0.5, 0.6) is 0 Å². The van der Waals surface area contributed by atoms with Crippen LogP contribution in [0.1, 0.15) is 18.4 Å². The molecule has 1 aromatic heterocycles. The first-order chi connectivity index (χ1) is 9.08. The highest BCUT2D eigenvalue weighted by molar-refractivity contribution is 9.10. The summed E-state index contributed by atoms with van der Waals surface area (Å²) in [5, 5.41) is 7.19. The van der Waals surface area contributed by atoms with E-state index in [1.807, 2.05) is 6.92 Å². The number of rotatable bonds is 3. The predicted molar refractivity (Wildman–Crippen MR) is 84.9 cm³/mol. The Morgan fingerprint density at radius 2 is 2.47 bits per heavy atom. The van der Waals surface area contributed by atoms with Crippen LogP contribution in [0.25, 0.3) is 0 Å².